The molecule has 0 spiro atoms. The summed E-state index contributed by atoms with van der Waals surface area (Å²) < 4.78 is 0. The van der Waals surface area contributed by atoms with Gasteiger partial charge in [0.15, 0.2) is 0 Å². The molecule has 0 heterocycles. The van der Waals surface area contributed by atoms with Crippen molar-refractivity contribution in [2.45, 2.75) is 26.3 Å². The van der Waals surface area contributed by atoms with Crippen LogP contribution in [0, 0.1) is 13.8 Å². The Morgan fingerprint density at radius 2 is 2.10 bits per heavy atom. The topological polar surface area (TPSA) is 113 Å². The highest BCUT2D eigenvalue weighted by Crippen LogP contribution is 2.16. The number of aliphatic carboxylic acids is 1. The second-order valence-corrected chi connectivity index (χ2v) is 4.87. The monoisotopic (exact) mass is 280 g/mol. The van der Waals surface area contributed by atoms with E-state index in [2.05, 4.69) is 11.1 Å². The van der Waals surface area contributed by atoms with Crippen molar-refractivity contribution in [1.29, 1.82) is 0 Å². The minimum Gasteiger partial charge on any atom is -0.544 e. The fraction of sp³-hybridized carbons (Fsp3) is 0.429. The molecule has 6 nitrogen and oxygen atoms in total. The van der Waals surface area contributed by atoms with Crippen LogP contribution < -0.4 is 21.5 Å². The molecule has 1 amide bonds. The lowest BCUT2D eigenvalue weighted by Crippen LogP contribution is -2.95. The van der Waals surface area contributed by atoms with Gasteiger partial charge in [0.25, 0.3) is 0 Å². The van der Waals surface area contributed by atoms with Crippen LogP contribution in [0.5, 0.6) is 0 Å². The Hall–Kier alpha value is -1.92. The van der Waals surface area contributed by atoms with Crippen LogP contribution in [-0.4, -0.2) is 31.0 Å². The number of hydrogen-bond acceptors (Lipinski definition) is 3. The lowest BCUT2D eigenvalue weighted by Gasteiger charge is -2.16. The van der Waals surface area contributed by atoms with Crippen LogP contribution in [0.2, 0.25) is 0 Å². The van der Waals surface area contributed by atoms with Gasteiger partial charge in [0.1, 0.15) is 19.1 Å². The number of quaternary nitrogens is 2. The largest absolute Gasteiger partial charge is 0.544 e. The van der Waals surface area contributed by atoms with Gasteiger partial charge in [0.2, 0.25) is 5.91 Å². The molecule has 1 atom stereocenters. The van der Waals surface area contributed by atoms with Crippen molar-refractivity contribution in [1.82, 2.24) is 0 Å². The highest BCUT2D eigenvalue weighted by atomic mass is 16.4. The van der Waals surface area contributed by atoms with Crippen molar-refractivity contribution in [3.63, 3.8) is 0 Å². The summed E-state index contributed by atoms with van der Waals surface area (Å²) in [6.45, 7) is 4.97. The van der Waals surface area contributed by atoms with Crippen molar-refractivity contribution < 1.29 is 25.7 Å². The molecule has 0 aromatic heterocycles. The second-order valence-electron chi connectivity index (χ2n) is 4.87. The standard InChI is InChI=1S/C14H21N3O3/c1-9-3-4-10(2)11(7-9)17-13(18)8-12(14(19)20)16-6-5-15/h3-4,7,12,16H,5-6,8,15H2,1-2H3,(H,17,18)(H,19,20)/p+1/t12-/m1/s1. The molecule has 0 saturated carbocycles. The molecule has 0 bridgehead atoms. The maximum atomic E-state index is 11.9. The predicted octanol–water partition coefficient (Wildman–Crippen LogP) is -2.44. The van der Waals surface area contributed by atoms with Gasteiger partial charge in [-0.1, -0.05) is 12.1 Å². The van der Waals surface area contributed by atoms with E-state index in [1.165, 1.54) is 0 Å². The van der Waals surface area contributed by atoms with Gasteiger partial charge in [-0.2, -0.15) is 0 Å². The summed E-state index contributed by atoms with van der Waals surface area (Å²) in [6, 6.07) is 4.86. The summed E-state index contributed by atoms with van der Waals surface area (Å²) in [6.07, 6.45) is -0.115. The third-order valence-electron chi connectivity index (χ3n) is 3.03. The molecule has 6 N–H and O–H groups in total. The SMILES string of the molecule is Cc1ccc(C)c(NC(=O)C[C@@H]([NH2+]CC[NH3+])C(=O)[O-])c1. The normalized spacial score (nSPS) is 11.9. The number of carbonyl (C=O) groups excluding carboxylic acids is 2. The first kappa shape index (κ1) is 16.1. The summed E-state index contributed by atoms with van der Waals surface area (Å²) >= 11 is 0. The molecule has 0 fully saturated rings. The predicted molar refractivity (Wildman–Crippen MR) is 72.5 cm³/mol. The minimum absolute atomic E-state index is 0.115. The molecule has 1 rings (SSSR count). The molecule has 0 aliphatic carbocycles. The molecular formula is C14H22N3O3+. The van der Waals surface area contributed by atoms with Crippen molar-refractivity contribution in [3.05, 3.63) is 29.3 Å². The van der Waals surface area contributed by atoms with Gasteiger partial charge < -0.3 is 26.3 Å². The molecular weight excluding hydrogens is 258 g/mol. The summed E-state index contributed by atoms with van der Waals surface area (Å²) in [5, 5.41) is 15.3. The van der Waals surface area contributed by atoms with Crippen molar-refractivity contribution in [3.8, 4) is 0 Å². The van der Waals surface area contributed by atoms with Crippen LogP contribution in [0.25, 0.3) is 0 Å². The fourth-order valence-corrected chi connectivity index (χ4v) is 1.85. The van der Waals surface area contributed by atoms with Gasteiger partial charge >= 0.3 is 0 Å². The maximum absolute atomic E-state index is 11.9. The number of carbonyl (C=O) groups is 2. The van der Waals surface area contributed by atoms with E-state index in [0.29, 0.717) is 18.8 Å². The number of nitrogens with two attached hydrogens (primary N) is 1. The lowest BCUT2D eigenvalue weighted by molar-refractivity contribution is -0.695. The minimum atomic E-state index is -1.23. The summed E-state index contributed by atoms with van der Waals surface area (Å²) in [4.78, 5) is 22.9. The maximum Gasteiger partial charge on any atom is 0.230 e. The number of benzene rings is 1. The van der Waals surface area contributed by atoms with Crippen LogP contribution in [0.3, 0.4) is 0 Å². The van der Waals surface area contributed by atoms with Crippen molar-refractivity contribution in [2.24, 2.45) is 0 Å². The molecule has 1 aromatic carbocycles. The number of amides is 1. The number of hydrogen-bond donors (Lipinski definition) is 3. The third-order valence-corrected chi connectivity index (χ3v) is 3.03. The fourth-order valence-electron chi connectivity index (χ4n) is 1.85. The zero-order valence-corrected chi connectivity index (χ0v) is 11.9. The summed E-state index contributed by atoms with van der Waals surface area (Å²) in [5.41, 5.74) is 6.33. The zero-order valence-electron chi connectivity index (χ0n) is 11.9. The molecule has 20 heavy (non-hydrogen) atoms. The number of nitrogens with one attached hydrogen (secondary N) is 1. The molecule has 0 saturated heterocycles. The molecule has 0 aliphatic rings. The highest BCUT2D eigenvalue weighted by molar-refractivity contribution is 5.94. The van der Waals surface area contributed by atoms with Gasteiger partial charge in [0.05, 0.1) is 12.4 Å². The highest BCUT2D eigenvalue weighted by Gasteiger charge is 2.18. The number of carboxylic acid groups (broad SMARTS) is 1. The Labute approximate surface area is 118 Å². The Morgan fingerprint density at radius 3 is 2.70 bits per heavy atom. The van der Waals surface area contributed by atoms with Crippen LogP contribution in [0.15, 0.2) is 18.2 Å². The van der Waals surface area contributed by atoms with Crippen LogP contribution in [-0.2, 0) is 9.59 Å². The Bertz CT molecular complexity index is 489. The second kappa shape index (κ2) is 7.62. The van der Waals surface area contributed by atoms with Crippen molar-refractivity contribution in [2.75, 3.05) is 18.4 Å². The summed E-state index contributed by atoms with van der Waals surface area (Å²) in [7, 11) is 0. The number of carboxylic acids is 1. The van der Waals surface area contributed by atoms with Gasteiger partial charge in [0, 0.05) is 5.69 Å². The zero-order chi connectivity index (χ0) is 15.1. The van der Waals surface area contributed by atoms with Crippen LogP contribution in [0.4, 0.5) is 5.69 Å². The van der Waals surface area contributed by atoms with Gasteiger partial charge in [-0.3, -0.25) is 4.79 Å². The summed E-state index contributed by atoms with van der Waals surface area (Å²) in [5.74, 6) is -1.55. The van der Waals surface area contributed by atoms with Crippen LogP contribution in [0.1, 0.15) is 17.5 Å². The van der Waals surface area contributed by atoms with Crippen LogP contribution >= 0.6 is 0 Å². The smallest absolute Gasteiger partial charge is 0.230 e. The first-order chi connectivity index (χ1) is 9.43. The molecule has 0 unspecified atom stereocenters. The average molecular weight is 280 g/mol. The first-order valence-electron chi connectivity index (χ1n) is 6.64. The molecule has 1 aromatic rings. The average Bonchev–Trinajstić information content (AvgIpc) is 2.38. The third kappa shape index (κ3) is 4.99. The van der Waals surface area contributed by atoms with Gasteiger partial charge in [-0.25, -0.2) is 0 Å². The number of anilines is 1. The first-order valence-corrected chi connectivity index (χ1v) is 6.64. The van der Waals surface area contributed by atoms with E-state index in [1.807, 2.05) is 32.0 Å². The van der Waals surface area contributed by atoms with Gasteiger partial charge in [-0.15, -0.1) is 0 Å². The Balaban J connectivity index is 2.65. The van der Waals surface area contributed by atoms with E-state index >= 15 is 0 Å². The van der Waals surface area contributed by atoms with E-state index in [1.54, 1.807) is 5.32 Å². The van der Waals surface area contributed by atoms with Crippen molar-refractivity contribution >= 4 is 17.6 Å². The molecule has 110 valence electrons. The number of rotatable bonds is 7. The van der Waals surface area contributed by atoms with E-state index in [4.69, 9.17) is 0 Å². The molecule has 6 heteroatoms. The van der Waals surface area contributed by atoms with E-state index in [-0.39, 0.29) is 12.3 Å². The van der Waals surface area contributed by atoms with Gasteiger partial charge in [-0.05, 0) is 31.0 Å². The Morgan fingerprint density at radius 1 is 1.40 bits per heavy atom. The quantitative estimate of drug-likeness (QED) is 0.515. The molecule has 0 radical (unpaired) electrons. The Kier molecular flexibility index (Phi) is 6.14. The van der Waals surface area contributed by atoms with E-state index in [9.17, 15) is 14.7 Å². The number of aryl methyl sites for hydroxylation is 2. The van der Waals surface area contributed by atoms with E-state index in [0.717, 1.165) is 11.1 Å². The van der Waals surface area contributed by atoms with E-state index < -0.39 is 12.0 Å². The lowest BCUT2D eigenvalue weighted by atomic mass is 10.1. The molecule has 0 aliphatic heterocycles.